The summed E-state index contributed by atoms with van der Waals surface area (Å²) < 4.78 is 0. The van der Waals surface area contributed by atoms with E-state index in [1.807, 2.05) is 25.3 Å². The van der Waals surface area contributed by atoms with Crippen LogP contribution in [0.4, 0.5) is 0 Å². The first-order chi connectivity index (χ1) is 10.1. The molecule has 2 aromatic rings. The topological polar surface area (TPSA) is 62.2 Å². The van der Waals surface area contributed by atoms with Gasteiger partial charge in [-0.05, 0) is 31.5 Å². The van der Waals surface area contributed by atoms with E-state index in [4.69, 9.17) is 5.11 Å². The van der Waals surface area contributed by atoms with Crippen LogP contribution in [-0.2, 0) is 6.54 Å². The van der Waals surface area contributed by atoms with Gasteiger partial charge in [0.05, 0.1) is 6.54 Å². The Labute approximate surface area is 127 Å². The fourth-order valence-corrected chi connectivity index (χ4v) is 2.49. The van der Waals surface area contributed by atoms with E-state index in [2.05, 4.69) is 22.1 Å². The summed E-state index contributed by atoms with van der Waals surface area (Å²) in [5.74, 6) is 5.28. The average Bonchev–Trinajstić information content (AvgIpc) is 2.89. The van der Waals surface area contributed by atoms with Crippen LogP contribution in [0, 0.1) is 25.7 Å². The summed E-state index contributed by atoms with van der Waals surface area (Å²) in [4.78, 5) is 16.4. The number of aliphatic hydroxyl groups excluding tert-OH is 1. The largest absolute Gasteiger partial charge is 0.384 e. The van der Waals surface area contributed by atoms with Gasteiger partial charge < -0.3 is 10.4 Å². The molecule has 0 aliphatic heterocycles. The third kappa shape index (κ3) is 4.15. The monoisotopic (exact) mass is 300 g/mol. The number of benzene rings is 1. The van der Waals surface area contributed by atoms with Gasteiger partial charge in [0.25, 0.3) is 5.91 Å². The molecule has 0 spiro atoms. The standard InChI is InChI=1S/C16H16N2O2S/c1-11-5-6-14(8-13(11)4-3-7-19)16(20)17-9-15-18-12(2)10-21-15/h5-6,8,10,19H,7,9H2,1-2H3,(H,17,20). The minimum Gasteiger partial charge on any atom is -0.384 e. The molecular formula is C16H16N2O2S. The fourth-order valence-electron chi connectivity index (χ4n) is 1.77. The average molecular weight is 300 g/mol. The molecule has 0 atom stereocenters. The Bertz CT molecular complexity index is 711. The number of thiazole rings is 1. The Hall–Kier alpha value is -2.16. The van der Waals surface area contributed by atoms with Crippen molar-refractivity contribution in [3.63, 3.8) is 0 Å². The maximum Gasteiger partial charge on any atom is 0.251 e. The van der Waals surface area contributed by atoms with Crippen LogP contribution in [-0.4, -0.2) is 22.6 Å². The highest BCUT2D eigenvalue weighted by Crippen LogP contribution is 2.11. The smallest absolute Gasteiger partial charge is 0.251 e. The lowest BCUT2D eigenvalue weighted by atomic mass is 10.0. The number of nitrogens with one attached hydrogen (secondary N) is 1. The molecule has 0 aliphatic carbocycles. The lowest BCUT2D eigenvalue weighted by molar-refractivity contribution is 0.0951. The summed E-state index contributed by atoms with van der Waals surface area (Å²) in [6.45, 7) is 4.07. The van der Waals surface area contributed by atoms with Gasteiger partial charge in [-0.25, -0.2) is 4.98 Å². The third-order valence-electron chi connectivity index (χ3n) is 2.87. The van der Waals surface area contributed by atoms with Crippen molar-refractivity contribution in [3.8, 4) is 11.8 Å². The first-order valence-corrected chi connectivity index (χ1v) is 7.37. The molecule has 1 aromatic carbocycles. The van der Waals surface area contributed by atoms with E-state index < -0.39 is 0 Å². The van der Waals surface area contributed by atoms with E-state index in [1.54, 1.807) is 12.1 Å². The number of aromatic nitrogens is 1. The van der Waals surface area contributed by atoms with E-state index in [1.165, 1.54) is 11.3 Å². The predicted molar refractivity (Wildman–Crippen MR) is 83.2 cm³/mol. The zero-order valence-corrected chi connectivity index (χ0v) is 12.8. The minimum atomic E-state index is -0.195. The molecule has 1 amide bonds. The van der Waals surface area contributed by atoms with Crippen LogP contribution < -0.4 is 5.32 Å². The maximum atomic E-state index is 12.1. The molecule has 5 heteroatoms. The van der Waals surface area contributed by atoms with Gasteiger partial charge in [-0.3, -0.25) is 4.79 Å². The van der Waals surface area contributed by atoms with Crippen LogP contribution in [0.15, 0.2) is 23.6 Å². The number of nitrogens with zero attached hydrogens (tertiary/aromatic N) is 1. The van der Waals surface area contributed by atoms with Crippen molar-refractivity contribution >= 4 is 17.2 Å². The number of hydrogen-bond donors (Lipinski definition) is 2. The second-order valence-electron chi connectivity index (χ2n) is 4.55. The lowest BCUT2D eigenvalue weighted by Crippen LogP contribution is -2.22. The molecule has 21 heavy (non-hydrogen) atoms. The van der Waals surface area contributed by atoms with Crippen LogP contribution in [0.25, 0.3) is 0 Å². The third-order valence-corrected chi connectivity index (χ3v) is 3.84. The van der Waals surface area contributed by atoms with Crippen LogP contribution >= 0.6 is 11.3 Å². The van der Waals surface area contributed by atoms with Crippen molar-refractivity contribution in [3.05, 3.63) is 51.0 Å². The summed E-state index contributed by atoms with van der Waals surface area (Å²) in [5, 5.41) is 14.4. The number of amides is 1. The van der Waals surface area contributed by atoms with Crippen molar-refractivity contribution in [2.75, 3.05) is 6.61 Å². The molecule has 0 saturated carbocycles. The van der Waals surface area contributed by atoms with Gasteiger partial charge >= 0.3 is 0 Å². The molecule has 2 N–H and O–H groups in total. The van der Waals surface area contributed by atoms with Crippen molar-refractivity contribution in [2.45, 2.75) is 20.4 Å². The highest BCUT2D eigenvalue weighted by molar-refractivity contribution is 7.09. The summed E-state index contributed by atoms with van der Waals surface area (Å²) >= 11 is 1.53. The molecule has 0 fully saturated rings. The van der Waals surface area contributed by atoms with E-state index in [9.17, 15) is 4.79 Å². The zero-order chi connectivity index (χ0) is 15.2. The van der Waals surface area contributed by atoms with Crippen LogP contribution in [0.3, 0.4) is 0 Å². The fraction of sp³-hybridized carbons (Fsp3) is 0.250. The summed E-state index contributed by atoms with van der Waals surface area (Å²) in [6, 6.07) is 5.35. The van der Waals surface area contributed by atoms with Crippen molar-refractivity contribution in [1.29, 1.82) is 0 Å². The summed E-state index contributed by atoms with van der Waals surface area (Å²) in [7, 11) is 0. The number of carbonyl (C=O) groups is 1. The lowest BCUT2D eigenvalue weighted by Gasteiger charge is -2.05. The maximum absolute atomic E-state index is 12.1. The second-order valence-corrected chi connectivity index (χ2v) is 5.50. The second kappa shape index (κ2) is 7.02. The Balaban J connectivity index is 2.08. The van der Waals surface area contributed by atoms with Gasteiger partial charge in [0, 0.05) is 22.2 Å². The Kier molecular flexibility index (Phi) is 5.09. The molecule has 4 nitrogen and oxygen atoms in total. The van der Waals surface area contributed by atoms with E-state index in [-0.39, 0.29) is 12.5 Å². The highest BCUT2D eigenvalue weighted by atomic mass is 32.1. The predicted octanol–water partition coefficient (Wildman–Crippen LogP) is 2.03. The number of aliphatic hydroxyl groups is 1. The molecule has 0 radical (unpaired) electrons. The molecule has 1 aromatic heterocycles. The van der Waals surface area contributed by atoms with Gasteiger partial charge in [0.15, 0.2) is 0 Å². The molecule has 0 aliphatic rings. The number of aryl methyl sites for hydroxylation is 2. The van der Waals surface area contributed by atoms with Crippen LogP contribution in [0.5, 0.6) is 0 Å². The number of rotatable bonds is 3. The van der Waals surface area contributed by atoms with Gasteiger partial charge in [-0.1, -0.05) is 17.9 Å². The Morgan fingerprint density at radius 2 is 2.24 bits per heavy atom. The van der Waals surface area contributed by atoms with E-state index in [0.29, 0.717) is 12.1 Å². The van der Waals surface area contributed by atoms with E-state index >= 15 is 0 Å². The van der Waals surface area contributed by atoms with Crippen LogP contribution in [0.2, 0.25) is 0 Å². The van der Waals surface area contributed by atoms with Gasteiger partial charge in [-0.15, -0.1) is 11.3 Å². The Morgan fingerprint density at radius 1 is 1.43 bits per heavy atom. The van der Waals surface area contributed by atoms with Crippen molar-refractivity contribution < 1.29 is 9.90 Å². The van der Waals surface area contributed by atoms with Crippen molar-refractivity contribution in [1.82, 2.24) is 10.3 Å². The minimum absolute atomic E-state index is 0.157. The molecule has 0 saturated heterocycles. The van der Waals surface area contributed by atoms with Gasteiger partial charge in [0.1, 0.15) is 11.6 Å². The summed E-state index contributed by atoms with van der Waals surface area (Å²) in [6.07, 6.45) is 0. The molecule has 2 rings (SSSR count). The summed E-state index contributed by atoms with van der Waals surface area (Å²) in [5.41, 5.74) is 3.24. The number of carbonyl (C=O) groups excluding carboxylic acids is 1. The highest BCUT2D eigenvalue weighted by Gasteiger charge is 2.08. The zero-order valence-electron chi connectivity index (χ0n) is 11.9. The first-order valence-electron chi connectivity index (χ1n) is 6.49. The molecule has 0 unspecified atom stereocenters. The molecular weight excluding hydrogens is 284 g/mol. The number of hydrogen-bond acceptors (Lipinski definition) is 4. The molecule has 1 heterocycles. The van der Waals surface area contributed by atoms with E-state index in [0.717, 1.165) is 21.8 Å². The normalized spacial score (nSPS) is 9.86. The quantitative estimate of drug-likeness (QED) is 0.853. The van der Waals surface area contributed by atoms with Crippen molar-refractivity contribution in [2.24, 2.45) is 0 Å². The molecule has 0 bridgehead atoms. The van der Waals surface area contributed by atoms with Crippen LogP contribution in [0.1, 0.15) is 32.2 Å². The van der Waals surface area contributed by atoms with Gasteiger partial charge in [0.2, 0.25) is 0 Å². The molecule has 108 valence electrons. The SMILES string of the molecule is Cc1csc(CNC(=O)c2ccc(C)c(C#CCO)c2)n1. The van der Waals surface area contributed by atoms with Gasteiger partial charge in [-0.2, -0.15) is 0 Å². The first kappa shape index (κ1) is 15.2. The Morgan fingerprint density at radius 3 is 2.90 bits per heavy atom.